The summed E-state index contributed by atoms with van der Waals surface area (Å²) in [6.45, 7) is 1.34. The van der Waals surface area contributed by atoms with Crippen LogP contribution < -0.4 is 0 Å². The maximum Gasteiger partial charge on any atom is 0.123 e. The number of halogens is 1. The van der Waals surface area contributed by atoms with Gasteiger partial charge in [0.1, 0.15) is 5.82 Å². The summed E-state index contributed by atoms with van der Waals surface area (Å²) in [4.78, 5) is 2.05. The van der Waals surface area contributed by atoms with Gasteiger partial charge in [0, 0.05) is 13.1 Å². The third kappa shape index (κ3) is 3.63. The van der Waals surface area contributed by atoms with E-state index in [0.717, 1.165) is 12.1 Å². The molecule has 18 heavy (non-hydrogen) atoms. The van der Waals surface area contributed by atoms with E-state index in [4.69, 9.17) is 0 Å². The number of benzene rings is 1. The quantitative estimate of drug-likeness (QED) is 0.898. The molecule has 2 aromatic rings. The highest BCUT2D eigenvalue weighted by Crippen LogP contribution is 2.16. The smallest absolute Gasteiger partial charge is 0.123 e. The molecule has 0 saturated carbocycles. The van der Waals surface area contributed by atoms with Gasteiger partial charge in [-0.2, -0.15) is 11.3 Å². The molecule has 2 rings (SSSR count). The zero-order valence-corrected chi connectivity index (χ0v) is 11.0. The average molecular weight is 265 g/mol. The van der Waals surface area contributed by atoms with Crippen LogP contribution in [0.5, 0.6) is 0 Å². The number of aliphatic hydroxyl groups excluding tert-OH is 1. The fourth-order valence-corrected chi connectivity index (χ4v) is 2.50. The molecule has 0 amide bonds. The second kappa shape index (κ2) is 6.09. The highest BCUT2D eigenvalue weighted by Gasteiger charge is 2.11. The van der Waals surface area contributed by atoms with E-state index in [1.165, 1.54) is 17.7 Å². The summed E-state index contributed by atoms with van der Waals surface area (Å²) < 4.78 is 12.8. The molecule has 1 N–H and O–H groups in total. The molecule has 1 atom stereocenters. The molecule has 0 saturated heterocycles. The van der Waals surface area contributed by atoms with Crippen molar-refractivity contribution >= 4 is 11.3 Å². The highest BCUT2D eigenvalue weighted by atomic mass is 32.1. The summed E-state index contributed by atoms with van der Waals surface area (Å²) in [5.74, 6) is -0.280. The number of rotatable bonds is 5. The van der Waals surface area contributed by atoms with E-state index >= 15 is 0 Å². The van der Waals surface area contributed by atoms with Crippen molar-refractivity contribution in [3.05, 3.63) is 58.0 Å². The Labute approximate surface area is 110 Å². The van der Waals surface area contributed by atoms with E-state index in [2.05, 4.69) is 16.3 Å². The van der Waals surface area contributed by atoms with Gasteiger partial charge in [0.05, 0.1) is 6.10 Å². The number of likely N-dealkylation sites (N-methyl/N-ethyl adjacent to an activating group) is 1. The fourth-order valence-electron chi connectivity index (χ4n) is 1.84. The summed E-state index contributed by atoms with van der Waals surface area (Å²) in [5.41, 5.74) is 1.99. The van der Waals surface area contributed by atoms with Crippen LogP contribution in [-0.2, 0) is 6.54 Å². The predicted molar refractivity (Wildman–Crippen MR) is 72.0 cm³/mol. The second-order valence-corrected chi connectivity index (χ2v) is 5.18. The largest absolute Gasteiger partial charge is 0.387 e. The molecule has 2 nitrogen and oxygen atoms in total. The number of hydrogen-bond donors (Lipinski definition) is 1. The van der Waals surface area contributed by atoms with Gasteiger partial charge in [-0.3, -0.25) is 4.90 Å². The van der Waals surface area contributed by atoms with Crippen molar-refractivity contribution < 1.29 is 9.50 Å². The van der Waals surface area contributed by atoms with Crippen molar-refractivity contribution in [3.8, 4) is 0 Å². The molecule has 1 aromatic carbocycles. The topological polar surface area (TPSA) is 23.5 Å². The lowest BCUT2D eigenvalue weighted by atomic mass is 10.1. The van der Waals surface area contributed by atoms with Gasteiger partial charge in [-0.05, 0) is 47.1 Å². The molecule has 0 aliphatic heterocycles. The molecule has 96 valence electrons. The van der Waals surface area contributed by atoms with Crippen LogP contribution in [0.3, 0.4) is 0 Å². The first-order chi connectivity index (χ1) is 8.65. The van der Waals surface area contributed by atoms with Crippen LogP contribution >= 0.6 is 11.3 Å². The Bertz CT molecular complexity index is 469. The Balaban J connectivity index is 1.90. The first-order valence-corrected chi connectivity index (χ1v) is 6.72. The van der Waals surface area contributed by atoms with E-state index in [1.807, 2.05) is 12.4 Å². The number of thiophene rings is 1. The van der Waals surface area contributed by atoms with Gasteiger partial charge in [-0.25, -0.2) is 4.39 Å². The second-order valence-electron chi connectivity index (χ2n) is 4.40. The summed E-state index contributed by atoms with van der Waals surface area (Å²) in [7, 11) is 1.96. The van der Waals surface area contributed by atoms with E-state index in [9.17, 15) is 9.50 Å². The number of aliphatic hydroxyl groups is 1. The Kier molecular flexibility index (Phi) is 4.47. The van der Waals surface area contributed by atoms with Crippen LogP contribution in [0.25, 0.3) is 0 Å². The number of nitrogens with zero attached hydrogens (tertiary/aromatic N) is 1. The van der Waals surface area contributed by atoms with Crippen LogP contribution in [0.1, 0.15) is 17.2 Å². The summed E-state index contributed by atoms with van der Waals surface area (Å²) in [6, 6.07) is 8.07. The highest BCUT2D eigenvalue weighted by molar-refractivity contribution is 7.07. The minimum Gasteiger partial charge on any atom is -0.387 e. The fraction of sp³-hybridized carbons (Fsp3) is 0.286. The van der Waals surface area contributed by atoms with Crippen molar-refractivity contribution in [3.63, 3.8) is 0 Å². The van der Waals surface area contributed by atoms with Crippen LogP contribution in [0.15, 0.2) is 41.1 Å². The molecular formula is C14H16FNOS. The molecule has 0 aliphatic rings. The van der Waals surface area contributed by atoms with Crippen LogP contribution in [0, 0.1) is 5.82 Å². The third-order valence-electron chi connectivity index (χ3n) is 2.77. The Morgan fingerprint density at radius 1 is 1.28 bits per heavy atom. The van der Waals surface area contributed by atoms with E-state index < -0.39 is 6.10 Å². The average Bonchev–Trinajstić information content (AvgIpc) is 2.82. The maximum absolute atomic E-state index is 12.8. The molecule has 0 fully saturated rings. The van der Waals surface area contributed by atoms with Crippen molar-refractivity contribution in [2.75, 3.05) is 13.6 Å². The minimum absolute atomic E-state index is 0.280. The molecule has 1 aromatic heterocycles. The lowest BCUT2D eigenvalue weighted by Gasteiger charge is -2.20. The van der Waals surface area contributed by atoms with Crippen molar-refractivity contribution in [2.45, 2.75) is 12.6 Å². The van der Waals surface area contributed by atoms with Crippen molar-refractivity contribution in [1.29, 1.82) is 0 Å². The zero-order valence-electron chi connectivity index (χ0n) is 10.2. The van der Waals surface area contributed by atoms with Gasteiger partial charge in [0.2, 0.25) is 0 Å². The maximum atomic E-state index is 12.8. The SMILES string of the molecule is CN(Cc1ccsc1)CC(O)c1ccc(F)cc1. The van der Waals surface area contributed by atoms with Crippen LogP contribution in [0.2, 0.25) is 0 Å². The first kappa shape index (κ1) is 13.2. The molecular weight excluding hydrogens is 249 g/mol. The van der Waals surface area contributed by atoms with Gasteiger partial charge >= 0.3 is 0 Å². The summed E-state index contributed by atoms with van der Waals surface area (Å²) in [6.07, 6.45) is -0.589. The normalized spacial score (nSPS) is 12.9. The minimum atomic E-state index is -0.589. The molecule has 1 unspecified atom stereocenters. The Morgan fingerprint density at radius 2 is 2.00 bits per heavy atom. The molecule has 0 spiro atoms. The summed E-state index contributed by atoms with van der Waals surface area (Å²) in [5, 5.41) is 14.2. The van der Waals surface area contributed by atoms with Gasteiger partial charge in [-0.1, -0.05) is 12.1 Å². The predicted octanol–water partition coefficient (Wildman–Crippen LogP) is 3.05. The third-order valence-corrected chi connectivity index (χ3v) is 3.50. The lowest BCUT2D eigenvalue weighted by Crippen LogP contribution is -2.24. The molecule has 0 radical (unpaired) electrons. The first-order valence-electron chi connectivity index (χ1n) is 5.78. The van der Waals surface area contributed by atoms with E-state index in [-0.39, 0.29) is 5.82 Å². The molecule has 0 bridgehead atoms. The van der Waals surface area contributed by atoms with Gasteiger partial charge in [-0.15, -0.1) is 0 Å². The monoisotopic (exact) mass is 265 g/mol. The molecule has 1 heterocycles. The molecule has 4 heteroatoms. The van der Waals surface area contributed by atoms with Gasteiger partial charge < -0.3 is 5.11 Å². The Hall–Kier alpha value is -1.23. The van der Waals surface area contributed by atoms with Gasteiger partial charge in [0.25, 0.3) is 0 Å². The number of hydrogen-bond acceptors (Lipinski definition) is 3. The standard InChI is InChI=1S/C14H16FNOS/c1-16(8-11-6-7-18-10-11)9-14(17)12-2-4-13(15)5-3-12/h2-7,10,14,17H,8-9H2,1H3. The van der Waals surface area contributed by atoms with E-state index in [0.29, 0.717) is 6.54 Å². The van der Waals surface area contributed by atoms with Crippen LogP contribution in [-0.4, -0.2) is 23.6 Å². The molecule has 0 aliphatic carbocycles. The van der Waals surface area contributed by atoms with Crippen molar-refractivity contribution in [1.82, 2.24) is 4.90 Å². The van der Waals surface area contributed by atoms with Crippen LogP contribution in [0.4, 0.5) is 4.39 Å². The zero-order chi connectivity index (χ0) is 13.0. The van der Waals surface area contributed by atoms with Gasteiger partial charge in [0.15, 0.2) is 0 Å². The summed E-state index contributed by atoms with van der Waals surface area (Å²) >= 11 is 1.67. The Morgan fingerprint density at radius 3 is 2.61 bits per heavy atom. The lowest BCUT2D eigenvalue weighted by molar-refractivity contribution is 0.124. The van der Waals surface area contributed by atoms with Crippen molar-refractivity contribution in [2.24, 2.45) is 0 Å². The van der Waals surface area contributed by atoms with E-state index in [1.54, 1.807) is 23.5 Å².